The van der Waals surface area contributed by atoms with Gasteiger partial charge in [0.15, 0.2) is 17.3 Å². The van der Waals surface area contributed by atoms with Crippen molar-refractivity contribution in [1.29, 1.82) is 0 Å². The lowest BCUT2D eigenvalue weighted by molar-refractivity contribution is -0.115. The molecule has 0 aliphatic rings. The highest BCUT2D eigenvalue weighted by Crippen LogP contribution is 2.18. The minimum absolute atomic E-state index is 0.0681. The molecule has 1 heterocycles. The number of carbonyl (C=O) groups is 2. The van der Waals surface area contributed by atoms with E-state index in [0.717, 1.165) is 0 Å². The molecule has 0 unspecified atom stereocenters. The predicted molar refractivity (Wildman–Crippen MR) is 80.6 cm³/mol. The summed E-state index contributed by atoms with van der Waals surface area (Å²) in [6.45, 7) is 2.87. The smallest absolute Gasteiger partial charge is 0.186 e. The maximum absolute atomic E-state index is 14.0. The van der Waals surface area contributed by atoms with Crippen LogP contribution in [-0.2, 0) is 9.59 Å². The van der Waals surface area contributed by atoms with Crippen molar-refractivity contribution in [2.75, 3.05) is 5.43 Å². The van der Waals surface area contributed by atoms with E-state index in [4.69, 9.17) is 0 Å². The number of rotatable bonds is 6. The fourth-order valence-corrected chi connectivity index (χ4v) is 1.78. The lowest BCUT2D eigenvalue weighted by Gasteiger charge is -2.07. The van der Waals surface area contributed by atoms with Crippen LogP contribution in [0.3, 0.4) is 0 Å². The molecule has 0 saturated heterocycles. The summed E-state index contributed by atoms with van der Waals surface area (Å²) in [5.41, 5.74) is 2.82. The third-order valence-corrected chi connectivity index (χ3v) is 2.93. The largest absolute Gasteiger partial charge is 0.293 e. The van der Waals surface area contributed by atoms with E-state index in [9.17, 15) is 14.0 Å². The van der Waals surface area contributed by atoms with E-state index in [1.54, 1.807) is 31.5 Å². The maximum Gasteiger partial charge on any atom is 0.186 e. The normalized spacial score (nSPS) is 11.3. The molecule has 0 radical (unpaired) electrons. The van der Waals surface area contributed by atoms with Gasteiger partial charge in [-0.25, -0.2) is 9.07 Å². The fourth-order valence-electron chi connectivity index (χ4n) is 1.78. The first-order valence-electron chi connectivity index (χ1n) is 6.70. The maximum atomic E-state index is 14.0. The zero-order chi connectivity index (χ0) is 16.1. The molecule has 1 aromatic carbocycles. The molecule has 2 aromatic rings. The number of hydrazone groups is 1. The number of anilines is 1. The van der Waals surface area contributed by atoms with Crippen LogP contribution in [0.15, 0.2) is 41.8 Å². The van der Waals surface area contributed by atoms with E-state index in [2.05, 4.69) is 15.6 Å². The number of nitrogens with one attached hydrogen (secondary N) is 1. The summed E-state index contributed by atoms with van der Waals surface area (Å²) < 4.78 is 15.5. The topological polar surface area (TPSA) is 76.3 Å². The monoisotopic (exact) mass is 302 g/mol. The summed E-state index contributed by atoms with van der Waals surface area (Å²) in [6.07, 6.45) is 3.43. The molecule has 0 saturated carbocycles. The fraction of sp³-hybridized carbons (Fsp3) is 0.200. The number of nitrogens with zero attached hydrogens (tertiary/aromatic N) is 3. The number of halogens is 1. The van der Waals surface area contributed by atoms with Gasteiger partial charge in [0.05, 0.1) is 11.4 Å². The first-order valence-corrected chi connectivity index (χ1v) is 6.70. The van der Waals surface area contributed by atoms with Gasteiger partial charge < -0.3 is 0 Å². The van der Waals surface area contributed by atoms with Crippen molar-refractivity contribution >= 4 is 23.0 Å². The van der Waals surface area contributed by atoms with Gasteiger partial charge in [0, 0.05) is 31.8 Å². The molecular weight excluding hydrogens is 287 g/mol. The van der Waals surface area contributed by atoms with Crippen LogP contribution in [0, 0.1) is 5.82 Å². The highest BCUT2D eigenvalue weighted by Gasteiger charge is 2.15. The average molecular weight is 302 g/mol. The second kappa shape index (κ2) is 6.75. The van der Waals surface area contributed by atoms with Crippen molar-refractivity contribution in [2.24, 2.45) is 5.10 Å². The molecule has 0 atom stereocenters. The number of benzene rings is 1. The summed E-state index contributed by atoms with van der Waals surface area (Å²) in [6, 6.07) is 6.11. The molecule has 7 heteroatoms. The van der Waals surface area contributed by atoms with Gasteiger partial charge >= 0.3 is 0 Å². The van der Waals surface area contributed by atoms with Gasteiger partial charge in [0.1, 0.15) is 5.82 Å². The summed E-state index contributed by atoms with van der Waals surface area (Å²) in [5, 5.41) is 7.72. The number of carbonyl (C=O) groups excluding carboxylic acids is 2. The average Bonchev–Trinajstić information content (AvgIpc) is 3.02. The minimum atomic E-state index is -0.566. The minimum Gasteiger partial charge on any atom is -0.293 e. The van der Waals surface area contributed by atoms with Crippen molar-refractivity contribution in [3.8, 4) is 5.69 Å². The molecule has 0 bridgehead atoms. The molecule has 0 spiro atoms. The molecule has 1 aromatic heterocycles. The van der Waals surface area contributed by atoms with Crippen molar-refractivity contribution in [1.82, 2.24) is 9.78 Å². The van der Waals surface area contributed by atoms with Gasteiger partial charge in [-0.2, -0.15) is 10.2 Å². The van der Waals surface area contributed by atoms with Crippen LogP contribution in [0.1, 0.15) is 20.3 Å². The van der Waals surface area contributed by atoms with Crippen molar-refractivity contribution in [3.63, 3.8) is 0 Å². The molecule has 114 valence electrons. The van der Waals surface area contributed by atoms with Gasteiger partial charge in [0.25, 0.3) is 0 Å². The number of hydrogen-bond acceptors (Lipinski definition) is 5. The van der Waals surface area contributed by atoms with Crippen molar-refractivity contribution in [3.05, 3.63) is 42.5 Å². The second-order valence-corrected chi connectivity index (χ2v) is 4.52. The van der Waals surface area contributed by atoms with E-state index in [1.165, 1.54) is 23.7 Å². The Kier molecular flexibility index (Phi) is 4.77. The predicted octanol–water partition coefficient (Wildman–Crippen LogP) is 2.35. The van der Waals surface area contributed by atoms with Gasteiger partial charge in [-0.05, 0) is 18.2 Å². The number of Topliss-reactive ketones (excluding diaryl/α,β-unsaturated/α-hetero) is 2. The van der Waals surface area contributed by atoms with Gasteiger partial charge in [0.2, 0.25) is 0 Å². The Bertz CT molecular complexity index is 723. The molecule has 2 rings (SSSR count). The molecule has 0 aliphatic carbocycles. The number of aromatic nitrogens is 2. The lowest BCUT2D eigenvalue weighted by atomic mass is 10.1. The number of hydrogen-bond donors (Lipinski definition) is 1. The molecule has 1 N–H and O–H groups in total. The Morgan fingerprint density at radius 3 is 2.73 bits per heavy atom. The van der Waals surface area contributed by atoms with Gasteiger partial charge in [-0.1, -0.05) is 6.92 Å². The van der Waals surface area contributed by atoms with E-state index in [-0.39, 0.29) is 17.8 Å². The van der Waals surface area contributed by atoms with Gasteiger partial charge in [-0.15, -0.1) is 0 Å². The third kappa shape index (κ3) is 3.43. The Morgan fingerprint density at radius 1 is 1.41 bits per heavy atom. The molecule has 0 amide bonds. The van der Waals surface area contributed by atoms with Crippen molar-refractivity contribution in [2.45, 2.75) is 20.3 Å². The Balaban J connectivity index is 2.23. The van der Waals surface area contributed by atoms with Crippen LogP contribution < -0.4 is 5.43 Å². The van der Waals surface area contributed by atoms with Crippen LogP contribution in [-0.4, -0.2) is 27.1 Å². The third-order valence-electron chi connectivity index (χ3n) is 2.93. The molecule has 0 aliphatic heterocycles. The summed E-state index contributed by atoms with van der Waals surface area (Å²) in [7, 11) is 0. The second-order valence-electron chi connectivity index (χ2n) is 4.52. The molecule has 0 fully saturated rings. The molecule has 6 nitrogen and oxygen atoms in total. The Morgan fingerprint density at radius 2 is 2.18 bits per heavy atom. The van der Waals surface area contributed by atoms with Gasteiger partial charge in [-0.3, -0.25) is 15.0 Å². The Labute approximate surface area is 126 Å². The molecular formula is C15H15FN4O2. The standard InChI is InChI=1S/C15H15FN4O2/c1-3-14(22)15(10(2)21)19-18-13-6-5-11(9-12(13)16)20-8-4-7-17-20/h4-9,18H,3H2,1-2H3. The van der Waals surface area contributed by atoms with Crippen LogP contribution in [0.2, 0.25) is 0 Å². The first-order chi connectivity index (χ1) is 10.5. The summed E-state index contributed by atoms with van der Waals surface area (Å²) in [5.74, 6) is -1.43. The first kappa shape index (κ1) is 15.6. The van der Waals surface area contributed by atoms with E-state index in [1.807, 2.05) is 0 Å². The number of ketones is 2. The SMILES string of the molecule is CCC(=O)C(=NNc1ccc(-n2cccn2)cc1F)C(C)=O. The van der Waals surface area contributed by atoms with E-state index >= 15 is 0 Å². The highest BCUT2D eigenvalue weighted by molar-refractivity contribution is 6.65. The van der Waals surface area contributed by atoms with Crippen LogP contribution in [0.25, 0.3) is 5.69 Å². The van der Waals surface area contributed by atoms with E-state index in [0.29, 0.717) is 5.69 Å². The van der Waals surface area contributed by atoms with Crippen LogP contribution in [0.5, 0.6) is 0 Å². The van der Waals surface area contributed by atoms with Crippen LogP contribution in [0.4, 0.5) is 10.1 Å². The Hall–Kier alpha value is -2.83. The quantitative estimate of drug-likeness (QED) is 0.505. The van der Waals surface area contributed by atoms with Crippen molar-refractivity contribution < 1.29 is 14.0 Å². The van der Waals surface area contributed by atoms with Crippen LogP contribution >= 0.6 is 0 Å². The highest BCUT2D eigenvalue weighted by atomic mass is 19.1. The summed E-state index contributed by atoms with van der Waals surface area (Å²) >= 11 is 0. The lowest BCUT2D eigenvalue weighted by Crippen LogP contribution is -2.22. The zero-order valence-electron chi connectivity index (χ0n) is 12.2. The molecule has 22 heavy (non-hydrogen) atoms. The van der Waals surface area contributed by atoms with E-state index < -0.39 is 17.4 Å². The zero-order valence-corrected chi connectivity index (χ0v) is 12.2. The summed E-state index contributed by atoms with van der Waals surface area (Å²) in [4.78, 5) is 22.9.